The number of anilines is 1. The molecular formula is C14H14ClN3O2. The molecular weight excluding hydrogens is 278 g/mol. The average Bonchev–Trinajstić information content (AvgIpc) is 2.43. The molecule has 1 N–H and O–H groups in total. The Labute approximate surface area is 122 Å². The van der Waals surface area contributed by atoms with E-state index in [1.54, 1.807) is 6.92 Å². The van der Waals surface area contributed by atoms with Crippen LogP contribution in [0.1, 0.15) is 16.8 Å². The lowest BCUT2D eigenvalue weighted by Crippen LogP contribution is -2.16. The molecule has 0 radical (unpaired) electrons. The van der Waals surface area contributed by atoms with Gasteiger partial charge in [0, 0.05) is 11.3 Å². The van der Waals surface area contributed by atoms with Gasteiger partial charge in [-0.15, -0.1) is 0 Å². The predicted octanol–water partition coefficient (Wildman–Crippen LogP) is 3.50. The molecule has 0 bridgehead atoms. The number of carbonyl (C=O) groups excluding carboxylic acids is 1. The number of hydrogen-bond acceptors (Lipinski definition) is 4. The Hall–Kier alpha value is -2.14. The fourth-order valence-electron chi connectivity index (χ4n) is 1.50. The first-order valence-corrected chi connectivity index (χ1v) is 6.42. The quantitative estimate of drug-likeness (QED) is 0.879. The van der Waals surface area contributed by atoms with Gasteiger partial charge >= 0.3 is 6.09 Å². The van der Waals surface area contributed by atoms with Crippen molar-refractivity contribution >= 4 is 23.6 Å². The standard InChI is InChI=1S/C14H14ClN3O2/c1-9-10(2)16-13(17-12(9)15)18-14(19)20-8-11-6-4-3-5-7-11/h3-7H,8H2,1-2H3,(H,16,17,18,19). The number of aryl methyl sites for hydroxylation is 1. The van der Waals surface area contributed by atoms with Gasteiger partial charge in [-0.2, -0.15) is 0 Å². The zero-order chi connectivity index (χ0) is 14.5. The second kappa shape index (κ2) is 6.34. The molecule has 6 heteroatoms. The van der Waals surface area contributed by atoms with E-state index in [2.05, 4.69) is 15.3 Å². The van der Waals surface area contributed by atoms with Crippen LogP contribution in [-0.2, 0) is 11.3 Å². The van der Waals surface area contributed by atoms with Crippen molar-refractivity contribution in [2.75, 3.05) is 5.32 Å². The molecule has 5 nitrogen and oxygen atoms in total. The third kappa shape index (κ3) is 3.68. The number of hydrogen-bond donors (Lipinski definition) is 1. The molecule has 1 heterocycles. The summed E-state index contributed by atoms with van der Waals surface area (Å²) in [5.41, 5.74) is 2.40. The minimum Gasteiger partial charge on any atom is -0.444 e. The van der Waals surface area contributed by atoms with E-state index in [0.717, 1.165) is 11.1 Å². The summed E-state index contributed by atoms with van der Waals surface area (Å²) in [4.78, 5) is 19.7. The Kier molecular flexibility index (Phi) is 4.53. The van der Waals surface area contributed by atoms with Crippen molar-refractivity contribution in [1.82, 2.24) is 9.97 Å². The lowest BCUT2D eigenvalue weighted by atomic mass is 10.2. The summed E-state index contributed by atoms with van der Waals surface area (Å²) < 4.78 is 5.07. The monoisotopic (exact) mass is 291 g/mol. The molecule has 0 aliphatic heterocycles. The fourth-order valence-corrected chi connectivity index (χ4v) is 1.72. The minimum absolute atomic E-state index is 0.135. The summed E-state index contributed by atoms with van der Waals surface area (Å²) in [6.45, 7) is 3.80. The molecule has 0 unspecified atom stereocenters. The molecule has 2 aromatic rings. The van der Waals surface area contributed by atoms with Gasteiger partial charge in [0.05, 0.1) is 0 Å². The number of aromatic nitrogens is 2. The van der Waals surface area contributed by atoms with Crippen molar-refractivity contribution < 1.29 is 9.53 Å². The van der Waals surface area contributed by atoms with Gasteiger partial charge in [-0.3, -0.25) is 5.32 Å². The lowest BCUT2D eigenvalue weighted by Gasteiger charge is -2.08. The lowest BCUT2D eigenvalue weighted by molar-refractivity contribution is 0.155. The van der Waals surface area contributed by atoms with Crippen molar-refractivity contribution in [3.63, 3.8) is 0 Å². The van der Waals surface area contributed by atoms with Crippen LogP contribution in [0.4, 0.5) is 10.7 Å². The number of halogens is 1. The fraction of sp³-hybridized carbons (Fsp3) is 0.214. The number of nitrogens with one attached hydrogen (secondary N) is 1. The van der Waals surface area contributed by atoms with Gasteiger partial charge in [0.25, 0.3) is 0 Å². The highest BCUT2D eigenvalue weighted by Crippen LogP contribution is 2.16. The molecule has 0 aliphatic carbocycles. The second-order valence-corrected chi connectivity index (χ2v) is 4.59. The summed E-state index contributed by atoms with van der Waals surface area (Å²) in [5, 5.41) is 2.77. The highest BCUT2D eigenvalue weighted by molar-refractivity contribution is 6.30. The highest BCUT2D eigenvalue weighted by Gasteiger charge is 2.10. The molecule has 104 valence electrons. The molecule has 1 aromatic heterocycles. The summed E-state index contributed by atoms with van der Waals surface area (Å²) in [6, 6.07) is 9.40. The van der Waals surface area contributed by atoms with Gasteiger partial charge < -0.3 is 4.74 Å². The van der Waals surface area contributed by atoms with E-state index in [4.69, 9.17) is 16.3 Å². The molecule has 0 atom stereocenters. The van der Waals surface area contributed by atoms with E-state index < -0.39 is 6.09 Å². The Morgan fingerprint density at radius 2 is 1.95 bits per heavy atom. The largest absolute Gasteiger partial charge is 0.444 e. The second-order valence-electron chi connectivity index (χ2n) is 4.24. The van der Waals surface area contributed by atoms with Crippen molar-refractivity contribution in [2.24, 2.45) is 0 Å². The average molecular weight is 292 g/mol. The predicted molar refractivity (Wildman–Crippen MR) is 76.8 cm³/mol. The number of carbonyl (C=O) groups is 1. The molecule has 0 saturated carbocycles. The van der Waals surface area contributed by atoms with E-state index >= 15 is 0 Å². The molecule has 0 aliphatic rings. The van der Waals surface area contributed by atoms with Crippen LogP contribution in [0.15, 0.2) is 30.3 Å². The van der Waals surface area contributed by atoms with Crippen molar-refractivity contribution in [3.8, 4) is 0 Å². The smallest absolute Gasteiger partial charge is 0.414 e. The van der Waals surface area contributed by atoms with Gasteiger partial charge in [-0.25, -0.2) is 14.8 Å². The number of nitrogens with zero attached hydrogens (tertiary/aromatic N) is 2. The molecule has 20 heavy (non-hydrogen) atoms. The van der Waals surface area contributed by atoms with Crippen LogP contribution in [0.3, 0.4) is 0 Å². The number of benzene rings is 1. The molecule has 0 saturated heterocycles. The summed E-state index contributed by atoms with van der Waals surface area (Å²) in [6.07, 6.45) is -0.617. The van der Waals surface area contributed by atoms with Crippen molar-refractivity contribution in [2.45, 2.75) is 20.5 Å². The molecule has 0 fully saturated rings. The zero-order valence-corrected chi connectivity index (χ0v) is 11.9. The van der Waals surface area contributed by atoms with Crippen molar-refractivity contribution in [1.29, 1.82) is 0 Å². The number of rotatable bonds is 3. The summed E-state index contributed by atoms with van der Waals surface area (Å²) in [7, 11) is 0. The molecule has 0 spiro atoms. The third-order valence-electron chi connectivity index (χ3n) is 2.76. The van der Waals surface area contributed by atoms with Crippen LogP contribution in [0.25, 0.3) is 0 Å². The normalized spacial score (nSPS) is 10.2. The Morgan fingerprint density at radius 3 is 2.60 bits per heavy atom. The zero-order valence-electron chi connectivity index (χ0n) is 11.2. The maximum Gasteiger partial charge on any atom is 0.414 e. The van der Waals surface area contributed by atoms with Crippen molar-refractivity contribution in [3.05, 3.63) is 52.3 Å². The van der Waals surface area contributed by atoms with Crippen LogP contribution >= 0.6 is 11.6 Å². The van der Waals surface area contributed by atoms with Gasteiger partial charge in [0.15, 0.2) is 0 Å². The topological polar surface area (TPSA) is 64.1 Å². The number of amides is 1. The SMILES string of the molecule is Cc1nc(NC(=O)OCc2ccccc2)nc(Cl)c1C. The summed E-state index contributed by atoms with van der Waals surface area (Å²) in [5.74, 6) is 0.135. The van der Waals surface area contributed by atoms with Crippen LogP contribution in [-0.4, -0.2) is 16.1 Å². The van der Waals surface area contributed by atoms with Crippen LogP contribution < -0.4 is 5.32 Å². The molecule has 2 rings (SSSR count). The van der Waals surface area contributed by atoms with E-state index in [9.17, 15) is 4.79 Å². The van der Waals surface area contributed by atoms with Gasteiger partial charge in [-0.05, 0) is 19.4 Å². The molecule has 1 amide bonds. The van der Waals surface area contributed by atoms with E-state index in [1.165, 1.54) is 0 Å². The van der Waals surface area contributed by atoms with E-state index in [1.807, 2.05) is 37.3 Å². The van der Waals surface area contributed by atoms with Gasteiger partial charge in [0.2, 0.25) is 5.95 Å². The van der Waals surface area contributed by atoms with Crippen LogP contribution in [0.2, 0.25) is 5.15 Å². The van der Waals surface area contributed by atoms with E-state index in [0.29, 0.717) is 10.8 Å². The third-order valence-corrected chi connectivity index (χ3v) is 3.12. The molecule has 1 aromatic carbocycles. The first kappa shape index (κ1) is 14.3. The Morgan fingerprint density at radius 1 is 1.25 bits per heavy atom. The first-order chi connectivity index (χ1) is 9.56. The highest BCUT2D eigenvalue weighted by atomic mass is 35.5. The van der Waals surface area contributed by atoms with E-state index in [-0.39, 0.29) is 12.6 Å². The minimum atomic E-state index is -0.617. The number of ether oxygens (including phenoxy) is 1. The maximum atomic E-state index is 11.6. The first-order valence-electron chi connectivity index (χ1n) is 6.04. The maximum absolute atomic E-state index is 11.6. The Balaban J connectivity index is 1.95. The van der Waals surface area contributed by atoms with Crippen LogP contribution in [0, 0.1) is 13.8 Å². The van der Waals surface area contributed by atoms with Gasteiger partial charge in [-0.1, -0.05) is 41.9 Å². The van der Waals surface area contributed by atoms with Gasteiger partial charge in [0.1, 0.15) is 11.8 Å². The Bertz CT molecular complexity index is 594. The van der Waals surface area contributed by atoms with Crippen LogP contribution in [0.5, 0.6) is 0 Å². The summed E-state index contributed by atoms with van der Waals surface area (Å²) >= 11 is 5.93.